The van der Waals surface area contributed by atoms with Crippen LogP contribution >= 0.6 is 17.2 Å². The second-order valence-electron chi connectivity index (χ2n) is 3.84. The summed E-state index contributed by atoms with van der Waals surface area (Å²) in [4.78, 5) is 0. The van der Waals surface area contributed by atoms with E-state index in [-0.39, 0.29) is 0 Å². The predicted molar refractivity (Wildman–Crippen MR) is 70.8 cm³/mol. The molecule has 0 bridgehead atoms. The Balaban J connectivity index is 0.000000329. The minimum atomic E-state index is -0.972. The van der Waals surface area contributed by atoms with Gasteiger partial charge in [0.25, 0.3) is 0 Å². The van der Waals surface area contributed by atoms with E-state index in [0.29, 0.717) is 0 Å². The number of halogens is 2. The third kappa shape index (κ3) is 2.83. The van der Waals surface area contributed by atoms with Crippen LogP contribution in [-0.2, 0) is 20.5 Å². The average Bonchev–Trinajstić information content (AvgIpc) is 2.69. The van der Waals surface area contributed by atoms with Gasteiger partial charge in [0, 0.05) is 6.42 Å². The molecule has 0 aromatic heterocycles. The zero-order valence-corrected chi connectivity index (χ0v) is 14.5. The van der Waals surface area contributed by atoms with Crippen molar-refractivity contribution in [2.45, 2.75) is 6.92 Å². The van der Waals surface area contributed by atoms with Gasteiger partial charge in [-0.3, -0.25) is 0 Å². The molecule has 0 nitrogen and oxygen atoms in total. The van der Waals surface area contributed by atoms with Crippen molar-refractivity contribution in [3.8, 4) is 11.1 Å². The molecule has 85 valence electrons. The molecule has 1 aliphatic carbocycles. The summed E-state index contributed by atoms with van der Waals surface area (Å²) >= 11 is -0.972. The van der Waals surface area contributed by atoms with Crippen LogP contribution in [0.25, 0.3) is 11.1 Å². The zero-order valence-electron chi connectivity index (χ0n) is 9.37. The summed E-state index contributed by atoms with van der Waals surface area (Å²) in [5, 5.41) is 0. The van der Waals surface area contributed by atoms with Gasteiger partial charge in [0.05, 0.1) is 0 Å². The molecule has 3 rings (SSSR count). The van der Waals surface area contributed by atoms with Crippen molar-refractivity contribution < 1.29 is 20.5 Å². The standard InChI is InChI=1S/C14H11.2ClH.Hf/c1-10-5-4-7-12-9-11-6-2-3-8-13(11)14(10)12;;;/h2-9H,1H3;2*1H;/q;;;+2/p-2. The molecule has 0 unspecified atom stereocenters. The predicted octanol–water partition coefficient (Wildman–Crippen LogP) is 4.95. The van der Waals surface area contributed by atoms with Crippen molar-refractivity contribution >= 4 is 17.2 Å². The third-order valence-corrected chi connectivity index (χ3v) is 2.85. The van der Waals surface area contributed by atoms with E-state index in [4.69, 9.17) is 17.2 Å². The molecular weight excluding hydrogens is 418 g/mol. The Bertz CT molecular complexity index is 523. The number of rotatable bonds is 0. The van der Waals surface area contributed by atoms with Crippen molar-refractivity contribution in [3.63, 3.8) is 0 Å². The van der Waals surface area contributed by atoms with Gasteiger partial charge in [0.1, 0.15) is 0 Å². The fraction of sp³-hybridized carbons (Fsp3) is 0.0714. The van der Waals surface area contributed by atoms with Crippen LogP contribution in [0.1, 0.15) is 16.7 Å². The van der Waals surface area contributed by atoms with Gasteiger partial charge in [0.2, 0.25) is 0 Å². The molecule has 0 fully saturated rings. The molecule has 0 heterocycles. The van der Waals surface area contributed by atoms with Gasteiger partial charge in [-0.15, -0.1) is 0 Å². The number of hydrogen-bond donors (Lipinski definition) is 0. The van der Waals surface area contributed by atoms with Crippen molar-refractivity contribution in [1.29, 1.82) is 0 Å². The van der Waals surface area contributed by atoms with Gasteiger partial charge in [-0.05, 0) is 34.7 Å². The fourth-order valence-corrected chi connectivity index (χ4v) is 2.20. The Labute approximate surface area is 120 Å². The molecule has 1 radical (unpaired) electrons. The first-order valence-corrected chi connectivity index (χ1v) is 14.2. The van der Waals surface area contributed by atoms with E-state index in [0.717, 1.165) is 0 Å². The fourth-order valence-electron chi connectivity index (χ4n) is 2.20. The van der Waals surface area contributed by atoms with Gasteiger partial charge < -0.3 is 0 Å². The quantitative estimate of drug-likeness (QED) is 0.444. The number of hydrogen-bond acceptors (Lipinski definition) is 0. The molecule has 0 saturated heterocycles. The van der Waals surface area contributed by atoms with E-state index in [1.54, 1.807) is 0 Å². The minimum absolute atomic E-state index is 0.972. The second-order valence-corrected chi connectivity index (χ2v) is 9.03. The molecule has 17 heavy (non-hydrogen) atoms. The van der Waals surface area contributed by atoms with E-state index in [1.807, 2.05) is 0 Å². The number of benzene rings is 2. The van der Waals surface area contributed by atoms with Crippen LogP contribution in [0, 0.1) is 13.3 Å². The van der Waals surface area contributed by atoms with Crippen LogP contribution in [0.15, 0.2) is 42.5 Å². The van der Waals surface area contributed by atoms with Crippen LogP contribution in [0.3, 0.4) is 0 Å². The van der Waals surface area contributed by atoms with E-state index in [9.17, 15) is 0 Å². The first kappa shape index (κ1) is 13.3. The van der Waals surface area contributed by atoms with E-state index in [1.165, 1.54) is 27.8 Å². The molecule has 0 N–H and O–H groups in total. The Kier molecular flexibility index (Phi) is 4.84. The van der Waals surface area contributed by atoms with Gasteiger partial charge >= 0.3 is 37.7 Å². The van der Waals surface area contributed by atoms with Crippen LogP contribution in [-0.4, -0.2) is 0 Å². The van der Waals surface area contributed by atoms with Crippen molar-refractivity contribution in [3.05, 3.63) is 65.6 Å². The summed E-state index contributed by atoms with van der Waals surface area (Å²) in [6, 6.07) is 15.1. The summed E-state index contributed by atoms with van der Waals surface area (Å²) in [6.45, 7) is 2.18. The second kappa shape index (κ2) is 6.17. The van der Waals surface area contributed by atoms with E-state index in [2.05, 4.69) is 55.8 Å². The number of fused-ring (bicyclic) bond motifs is 3. The van der Waals surface area contributed by atoms with Crippen molar-refractivity contribution in [2.24, 2.45) is 0 Å². The van der Waals surface area contributed by atoms with Crippen LogP contribution in [0.2, 0.25) is 0 Å². The zero-order chi connectivity index (χ0) is 12.3. The normalized spacial score (nSPS) is 11.0. The summed E-state index contributed by atoms with van der Waals surface area (Å²) < 4.78 is 0. The monoisotopic (exact) mass is 429 g/mol. The van der Waals surface area contributed by atoms with Gasteiger partial charge in [-0.1, -0.05) is 42.5 Å². The molecule has 2 aromatic rings. The molecule has 1 aliphatic rings. The maximum absolute atomic E-state index is 4.96. The molecule has 0 saturated carbocycles. The van der Waals surface area contributed by atoms with Crippen LogP contribution < -0.4 is 0 Å². The van der Waals surface area contributed by atoms with Gasteiger partial charge in [0.15, 0.2) is 0 Å². The van der Waals surface area contributed by atoms with Gasteiger partial charge in [-0.2, -0.15) is 0 Å². The topological polar surface area (TPSA) is 0 Å². The van der Waals surface area contributed by atoms with Crippen LogP contribution in [0.4, 0.5) is 0 Å². The third-order valence-electron chi connectivity index (χ3n) is 2.85. The van der Waals surface area contributed by atoms with E-state index < -0.39 is 20.5 Å². The summed E-state index contributed by atoms with van der Waals surface area (Å²) in [5.41, 5.74) is 6.84. The Morgan fingerprint density at radius 3 is 2.29 bits per heavy atom. The summed E-state index contributed by atoms with van der Waals surface area (Å²) in [5.74, 6) is 0. The molecule has 0 atom stereocenters. The Hall–Kier alpha value is -0.110. The Morgan fingerprint density at radius 2 is 1.53 bits per heavy atom. The van der Waals surface area contributed by atoms with Crippen molar-refractivity contribution in [1.82, 2.24) is 0 Å². The van der Waals surface area contributed by atoms with Crippen molar-refractivity contribution in [2.75, 3.05) is 0 Å². The van der Waals surface area contributed by atoms with Gasteiger partial charge in [-0.25, -0.2) is 0 Å². The maximum atomic E-state index is 4.96. The van der Waals surface area contributed by atoms with E-state index >= 15 is 0 Å². The molecular formula is C14H11Cl2Hf. The molecule has 0 amide bonds. The SMILES string of the molecule is Cc1cccc2c1-c1ccccc1[CH]2.[Cl][Hf][Cl]. The molecule has 3 heteroatoms. The molecule has 0 aliphatic heterocycles. The summed E-state index contributed by atoms with van der Waals surface area (Å²) in [6.07, 6.45) is 2.26. The average molecular weight is 429 g/mol. The van der Waals surface area contributed by atoms with Crippen LogP contribution in [0.5, 0.6) is 0 Å². The Morgan fingerprint density at radius 1 is 0.882 bits per heavy atom. The first-order chi connectivity index (χ1) is 8.27. The number of aryl methyl sites for hydroxylation is 1. The first-order valence-electron chi connectivity index (χ1n) is 5.28. The molecule has 2 aromatic carbocycles. The summed E-state index contributed by atoms with van der Waals surface area (Å²) in [7, 11) is 9.92. The molecule has 0 spiro atoms.